The maximum Gasteiger partial charge on any atom is 0.288 e. The molecule has 0 heterocycles. The van der Waals surface area contributed by atoms with Gasteiger partial charge in [0.1, 0.15) is 5.02 Å². The summed E-state index contributed by atoms with van der Waals surface area (Å²) in [5.41, 5.74) is 1.51. The van der Waals surface area contributed by atoms with Crippen LogP contribution in [0.25, 0.3) is 0 Å². The Labute approximate surface area is 111 Å². The lowest BCUT2D eigenvalue weighted by Gasteiger charge is -2.12. The van der Waals surface area contributed by atoms with Gasteiger partial charge in [0.2, 0.25) is 0 Å². The second kappa shape index (κ2) is 6.56. The number of ether oxygens (including phenoxy) is 1. The monoisotopic (exact) mass is 272 g/mol. The number of aryl methyl sites for hydroxylation is 1. The van der Waals surface area contributed by atoms with Gasteiger partial charge in [-0.3, -0.25) is 10.1 Å². The van der Waals surface area contributed by atoms with E-state index in [0.29, 0.717) is 13.2 Å². The smallest absolute Gasteiger partial charge is 0.288 e. The number of halogens is 1. The first-order valence-corrected chi connectivity index (χ1v) is 6.09. The summed E-state index contributed by atoms with van der Waals surface area (Å²) in [6.07, 6.45) is 0.188. The van der Waals surface area contributed by atoms with Gasteiger partial charge in [0, 0.05) is 18.3 Å². The van der Waals surface area contributed by atoms with Crippen molar-refractivity contribution in [3.8, 4) is 0 Å². The average molecular weight is 273 g/mol. The zero-order chi connectivity index (χ0) is 13.7. The van der Waals surface area contributed by atoms with Crippen molar-refractivity contribution in [1.29, 1.82) is 0 Å². The Hall–Kier alpha value is -1.33. The molecule has 0 atom stereocenters. The van der Waals surface area contributed by atoms with E-state index in [1.54, 1.807) is 13.0 Å². The summed E-state index contributed by atoms with van der Waals surface area (Å²) in [4.78, 5) is 10.2. The van der Waals surface area contributed by atoms with Crippen LogP contribution in [0.2, 0.25) is 5.02 Å². The van der Waals surface area contributed by atoms with Crippen molar-refractivity contribution in [3.05, 3.63) is 32.8 Å². The number of hydrogen-bond donors (Lipinski definition) is 1. The van der Waals surface area contributed by atoms with Gasteiger partial charge in [-0.1, -0.05) is 11.6 Å². The van der Waals surface area contributed by atoms with E-state index in [1.807, 2.05) is 13.8 Å². The van der Waals surface area contributed by atoms with Crippen molar-refractivity contribution < 1.29 is 9.66 Å². The highest BCUT2D eigenvalue weighted by Gasteiger charge is 2.14. The maximum absolute atomic E-state index is 10.7. The van der Waals surface area contributed by atoms with Gasteiger partial charge in [-0.15, -0.1) is 0 Å². The number of benzene rings is 1. The zero-order valence-electron chi connectivity index (χ0n) is 10.7. The number of nitro groups is 1. The molecule has 0 bridgehead atoms. The SMILES string of the molecule is Cc1cc([N+](=O)[O-])c(Cl)cc1NCCOC(C)C. The van der Waals surface area contributed by atoms with Gasteiger partial charge in [-0.2, -0.15) is 0 Å². The molecule has 0 saturated carbocycles. The average Bonchev–Trinajstić information content (AvgIpc) is 2.27. The summed E-state index contributed by atoms with van der Waals surface area (Å²) in [6.45, 7) is 6.94. The molecule has 0 aromatic heterocycles. The van der Waals surface area contributed by atoms with Gasteiger partial charge in [-0.05, 0) is 32.4 Å². The third-order valence-electron chi connectivity index (χ3n) is 2.36. The summed E-state index contributed by atoms with van der Waals surface area (Å²) in [5.74, 6) is 0. The maximum atomic E-state index is 10.7. The van der Waals surface area contributed by atoms with Crippen LogP contribution < -0.4 is 5.32 Å². The fourth-order valence-corrected chi connectivity index (χ4v) is 1.71. The number of rotatable bonds is 6. The second-order valence-electron chi connectivity index (χ2n) is 4.22. The molecule has 0 saturated heterocycles. The first-order valence-electron chi connectivity index (χ1n) is 5.72. The molecule has 0 spiro atoms. The fraction of sp³-hybridized carbons (Fsp3) is 0.500. The zero-order valence-corrected chi connectivity index (χ0v) is 11.5. The minimum atomic E-state index is -0.485. The topological polar surface area (TPSA) is 64.4 Å². The van der Waals surface area contributed by atoms with Crippen LogP contribution in [-0.4, -0.2) is 24.2 Å². The largest absolute Gasteiger partial charge is 0.382 e. The van der Waals surface area contributed by atoms with E-state index in [1.165, 1.54) is 6.07 Å². The normalized spacial score (nSPS) is 10.7. The molecule has 0 fully saturated rings. The molecule has 100 valence electrons. The Morgan fingerprint density at radius 1 is 1.50 bits per heavy atom. The van der Waals surface area contributed by atoms with Crippen LogP contribution in [-0.2, 0) is 4.74 Å². The van der Waals surface area contributed by atoms with Crippen LogP contribution in [0.4, 0.5) is 11.4 Å². The minimum absolute atomic E-state index is 0.0712. The van der Waals surface area contributed by atoms with Crippen LogP contribution in [0, 0.1) is 17.0 Å². The first-order chi connectivity index (χ1) is 8.41. The predicted octanol–water partition coefficient (Wildman–Crippen LogP) is 3.39. The van der Waals surface area contributed by atoms with E-state index in [-0.39, 0.29) is 16.8 Å². The molecule has 0 aliphatic rings. The number of hydrogen-bond acceptors (Lipinski definition) is 4. The van der Waals surface area contributed by atoms with Crippen LogP contribution >= 0.6 is 11.6 Å². The molecular weight excluding hydrogens is 256 g/mol. The van der Waals surface area contributed by atoms with Crippen LogP contribution in [0.5, 0.6) is 0 Å². The Balaban J connectivity index is 2.67. The first kappa shape index (κ1) is 14.7. The molecule has 5 nitrogen and oxygen atoms in total. The number of anilines is 1. The molecule has 0 amide bonds. The molecule has 1 aromatic rings. The Bertz CT molecular complexity index is 436. The van der Waals surface area contributed by atoms with E-state index in [9.17, 15) is 10.1 Å². The minimum Gasteiger partial charge on any atom is -0.382 e. The lowest BCUT2D eigenvalue weighted by Crippen LogP contribution is -2.13. The summed E-state index contributed by atoms with van der Waals surface area (Å²) < 4.78 is 5.39. The number of nitrogens with one attached hydrogen (secondary N) is 1. The standard InChI is InChI=1S/C12H17ClN2O3/c1-8(2)18-5-4-14-11-7-10(13)12(15(16)17)6-9(11)3/h6-8,14H,4-5H2,1-3H3. The van der Waals surface area contributed by atoms with Crippen molar-refractivity contribution in [2.45, 2.75) is 26.9 Å². The van der Waals surface area contributed by atoms with Crippen molar-refractivity contribution in [3.63, 3.8) is 0 Å². The Kier molecular flexibility index (Phi) is 5.37. The molecule has 1 rings (SSSR count). The summed E-state index contributed by atoms with van der Waals surface area (Å²) in [7, 11) is 0. The van der Waals surface area contributed by atoms with E-state index in [4.69, 9.17) is 16.3 Å². The third kappa shape index (κ3) is 4.16. The van der Waals surface area contributed by atoms with E-state index in [0.717, 1.165) is 11.3 Å². The fourth-order valence-electron chi connectivity index (χ4n) is 1.48. The van der Waals surface area contributed by atoms with Crippen LogP contribution in [0.1, 0.15) is 19.4 Å². The third-order valence-corrected chi connectivity index (χ3v) is 2.66. The molecule has 0 aliphatic carbocycles. The van der Waals surface area contributed by atoms with E-state index in [2.05, 4.69) is 5.32 Å². The van der Waals surface area contributed by atoms with Crippen molar-refractivity contribution in [2.75, 3.05) is 18.5 Å². The summed E-state index contributed by atoms with van der Waals surface area (Å²) in [5, 5.41) is 14.0. The summed E-state index contributed by atoms with van der Waals surface area (Å²) >= 11 is 5.85. The van der Waals surface area contributed by atoms with Crippen molar-refractivity contribution >= 4 is 23.0 Å². The highest BCUT2D eigenvalue weighted by molar-refractivity contribution is 6.33. The van der Waals surface area contributed by atoms with Gasteiger partial charge < -0.3 is 10.1 Å². The molecule has 6 heteroatoms. The lowest BCUT2D eigenvalue weighted by molar-refractivity contribution is -0.384. The molecule has 0 aliphatic heterocycles. The summed E-state index contributed by atoms with van der Waals surface area (Å²) in [6, 6.07) is 3.04. The van der Waals surface area contributed by atoms with Crippen LogP contribution in [0.3, 0.4) is 0 Å². The Morgan fingerprint density at radius 2 is 2.17 bits per heavy atom. The lowest BCUT2D eigenvalue weighted by atomic mass is 10.2. The van der Waals surface area contributed by atoms with Crippen molar-refractivity contribution in [1.82, 2.24) is 0 Å². The predicted molar refractivity (Wildman–Crippen MR) is 72.4 cm³/mol. The van der Waals surface area contributed by atoms with E-state index >= 15 is 0 Å². The van der Waals surface area contributed by atoms with Gasteiger partial charge in [-0.25, -0.2) is 0 Å². The number of nitro benzene ring substituents is 1. The molecular formula is C12H17ClN2O3. The van der Waals surface area contributed by atoms with Gasteiger partial charge in [0.05, 0.1) is 17.6 Å². The molecule has 0 radical (unpaired) electrons. The van der Waals surface area contributed by atoms with Gasteiger partial charge >= 0.3 is 0 Å². The van der Waals surface area contributed by atoms with E-state index < -0.39 is 4.92 Å². The van der Waals surface area contributed by atoms with Crippen LogP contribution in [0.15, 0.2) is 12.1 Å². The highest BCUT2D eigenvalue weighted by atomic mass is 35.5. The number of nitrogens with zero attached hydrogens (tertiary/aromatic N) is 1. The molecule has 1 aromatic carbocycles. The quantitative estimate of drug-likeness (QED) is 0.490. The molecule has 18 heavy (non-hydrogen) atoms. The van der Waals surface area contributed by atoms with Gasteiger partial charge in [0.25, 0.3) is 5.69 Å². The van der Waals surface area contributed by atoms with Crippen molar-refractivity contribution in [2.24, 2.45) is 0 Å². The highest BCUT2D eigenvalue weighted by Crippen LogP contribution is 2.30. The van der Waals surface area contributed by atoms with Gasteiger partial charge in [0.15, 0.2) is 0 Å². The Morgan fingerprint density at radius 3 is 2.72 bits per heavy atom. The second-order valence-corrected chi connectivity index (χ2v) is 4.63. The molecule has 0 unspecified atom stereocenters. The molecule has 1 N–H and O–H groups in total.